The number of nitrogens with zero attached hydrogens (tertiary/aromatic N) is 1. The number of urea groups is 1. The average Bonchev–Trinajstić information content (AvgIpc) is 3.02. The fourth-order valence-electron chi connectivity index (χ4n) is 2.63. The van der Waals surface area contributed by atoms with E-state index in [9.17, 15) is 14.0 Å². The number of halogens is 1. The van der Waals surface area contributed by atoms with Crippen molar-refractivity contribution < 1.29 is 14.0 Å². The third-order valence-electron chi connectivity index (χ3n) is 4.00. The van der Waals surface area contributed by atoms with Crippen molar-refractivity contribution in [2.24, 2.45) is 0 Å². The summed E-state index contributed by atoms with van der Waals surface area (Å²) in [4.78, 5) is 26.0. The maximum Gasteiger partial charge on any atom is 0.319 e. The molecule has 24 heavy (non-hydrogen) atoms. The van der Waals surface area contributed by atoms with Gasteiger partial charge in [-0.05, 0) is 37.6 Å². The third-order valence-corrected chi connectivity index (χ3v) is 4.00. The van der Waals surface area contributed by atoms with Crippen molar-refractivity contribution in [2.45, 2.75) is 25.4 Å². The van der Waals surface area contributed by atoms with Gasteiger partial charge >= 0.3 is 6.03 Å². The lowest BCUT2D eigenvalue weighted by atomic mass is 10.2. The van der Waals surface area contributed by atoms with Crippen molar-refractivity contribution in [1.82, 2.24) is 15.5 Å². The van der Waals surface area contributed by atoms with E-state index in [1.54, 1.807) is 6.08 Å². The van der Waals surface area contributed by atoms with Crippen LogP contribution in [0, 0.1) is 5.82 Å². The zero-order valence-electron chi connectivity index (χ0n) is 13.7. The van der Waals surface area contributed by atoms with Crippen LogP contribution < -0.4 is 16.0 Å². The molecule has 7 heteroatoms. The van der Waals surface area contributed by atoms with E-state index in [0.29, 0.717) is 18.8 Å². The largest absolute Gasteiger partial charge is 0.351 e. The molecule has 3 amide bonds. The predicted octanol–water partition coefficient (Wildman–Crippen LogP) is 1.71. The summed E-state index contributed by atoms with van der Waals surface area (Å²) in [5.74, 6) is -0.401. The first-order valence-electron chi connectivity index (χ1n) is 7.95. The summed E-state index contributed by atoms with van der Waals surface area (Å²) in [6.07, 6.45) is 2.41. The highest BCUT2D eigenvalue weighted by molar-refractivity contribution is 5.89. The van der Waals surface area contributed by atoms with Gasteiger partial charge in [0.15, 0.2) is 0 Å². The van der Waals surface area contributed by atoms with Crippen molar-refractivity contribution in [3.05, 3.63) is 42.7 Å². The molecule has 0 aromatic heterocycles. The lowest BCUT2D eigenvalue weighted by molar-refractivity contribution is -0.125. The van der Waals surface area contributed by atoms with Crippen molar-refractivity contribution in [1.29, 1.82) is 0 Å². The minimum atomic E-state index is -0.351. The van der Waals surface area contributed by atoms with E-state index >= 15 is 0 Å². The summed E-state index contributed by atoms with van der Waals surface area (Å²) in [7, 11) is 0. The molecule has 130 valence electrons. The van der Waals surface area contributed by atoms with Crippen molar-refractivity contribution in [3.8, 4) is 0 Å². The zero-order chi connectivity index (χ0) is 17.5. The highest BCUT2D eigenvalue weighted by atomic mass is 19.1. The molecule has 3 N–H and O–H groups in total. The lowest BCUT2D eigenvalue weighted by Crippen LogP contribution is -2.46. The Balaban J connectivity index is 1.78. The van der Waals surface area contributed by atoms with Gasteiger partial charge in [-0.3, -0.25) is 9.69 Å². The number of hydrogen-bond donors (Lipinski definition) is 3. The molecule has 1 aromatic rings. The molecule has 0 bridgehead atoms. The Morgan fingerprint density at radius 2 is 2.12 bits per heavy atom. The summed E-state index contributed by atoms with van der Waals surface area (Å²) >= 11 is 0. The smallest absolute Gasteiger partial charge is 0.319 e. The van der Waals surface area contributed by atoms with Crippen LogP contribution in [-0.2, 0) is 4.79 Å². The highest BCUT2D eigenvalue weighted by Crippen LogP contribution is 2.14. The fraction of sp³-hybridized carbons (Fsp3) is 0.412. The van der Waals surface area contributed by atoms with Crippen molar-refractivity contribution in [2.75, 3.05) is 25.0 Å². The number of benzene rings is 1. The highest BCUT2D eigenvalue weighted by Gasteiger charge is 2.30. The monoisotopic (exact) mass is 334 g/mol. The fourth-order valence-corrected chi connectivity index (χ4v) is 2.63. The van der Waals surface area contributed by atoms with Gasteiger partial charge in [-0.2, -0.15) is 0 Å². The number of hydrogen-bond acceptors (Lipinski definition) is 3. The molecule has 0 aliphatic carbocycles. The van der Waals surface area contributed by atoms with Crippen LogP contribution in [0.1, 0.15) is 13.3 Å². The molecule has 0 radical (unpaired) electrons. The number of carbonyl (C=O) groups excluding carboxylic acids is 2. The Morgan fingerprint density at radius 3 is 2.79 bits per heavy atom. The molecular formula is C17H23FN4O2. The second kappa shape index (κ2) is 8.44. The number of rotatable bonds is 6. The molecule has 1 aromatic carbocycles. The molecule has 1 aliphatic heterocycles. The van der Waals surface area contributed by atoms with E-state index in [1.165, 1.54) is 24.3 Å². The van der Waals surface area contributed by atoms with Gasteiger partial charge in [0.2, 0.25) is 5.91 Å². The Bertz CT molecular complexity index is 591. The predicted molar refractivity (Wildman–Crippen MR) is 91.2 cm³/mol. The first-order chi connectivity index (χ1) is 11.5. The van der Waals surface area contributed by atoms with Gasteiger partial charge in [0.25, 0.3) is 0 Å². The molecule has 1 heterocycles. The van der Waals surface area contributed by atoms with E-state index in [0.717, 1.165) is 13.0 Å². The summed E-state index contributed by atoms with van der Waals surface area (Å²) < 4.78 is 12.8. The van der Waals surface area contributed by atoms with Crippen molar-refractivity contribution in [3.63, 3.8) is 0 Å². The topological polar surface area (TPSA) is 73.5 Å². The number of amides is 3. The summed E-state index contributed by atoms with van der Waals surface area (Å²) in [6, 6.07) is 4.96. The van der Waals surface area contributed by atoms with Crippen LogP contribution in [0.3, 0.4) is 0 Å². The summed E-state index contributed by atoms with van der Waals surface area (Å²) in [5.41, 5.74) is 0.529. The summed E-state index contributed by atoms with van der Waals surface area (Å²) in [5, 5.41) is 8.31. The molecular weight excluding hydrogens is 311 g/mol. The minimum absolute atomic E-state index is 0.0277. The van der Waals surface area contributed by atoms with Crippen LogP contribution in [0.25, 0.3) is 0 Å². The van der Waals surface area contributed by atoms with Crippen LogP contribution in [0.15, 0.2) is 36.9 Å². The van der Waals surface area contributed by atoms with E-state index in [1.807, 2.05) is 11.8 Å². The Morgan fingerprint density at radius 1 is 1.42 bits per heavy atom. The number of nitrogens with one attached hydrogen (secondary N) is 3. The first-order valence-corrected chi connectivity index (χ1v) is 7.95. The molecule has 2 atom stereocenters. The SMILES string of the molecule is C=CCNC(=O)[C@@H](C)N1CC[C@H](NC(=O)Nc2ccc(F)cc2)C1. The van der Waals surface area contributed by atoms with Crippen molar-refractivity contribution >= 4 is 17.6 Å². The molecule has 2 rings (SSSR count). The van der Waals surface area contributed by atoms with Gasteiger partial charge in [-0.15, -0.1) is 6.58 Å². The van der Waals surface area contributed by atoms with Gasteiger partial charge in [0, 0.05) is 31.4 Å². The molecule has 1 saturated heterocycles. The Labute approximate surface area is 141 Å². The number of likely N-dealkylation sites (tertiary alicyclic amines) is 1. The standard InChI is InChI=1S/C17H23FN4O2/c1-3-9-19-16(23)12(2)22-10-8-15(11-22)21-17(24)20-14-6-4-13(18)5-7-14/h3-7,12,15H,1,8-11H2,2H3,(H,19,23)(H2,20,21,24)/t12-,15+/m1/s1. The summed E-state index contributed by atoms with van der Waals surface area (Å²) in [6.45, 7) is 7.21. The molecule has 6 nitrogen and oxygen atoms in total. The molecule has 1 fully saturated rings. The molecule has 0 saturated carbocycles. The lowest BCUT2D eigenvalue weighted by Gasteiger charge is -2.23. The van der Waals surface area contributed by atoms with Gasteiger partial charge < -0.3 is 16.0 Å². The zero-order valence-corrected chi connectivity index (χ0v) is 13.7. The van der Waals surface area contributed by atoms with Crippen LogP contribution in [0.4, 0.5) is 14.9 Å². The maximum atomic E-state index is 12.8. The van der Waals surface area contributed by atoms with Crippen LogP contribution in [0.2, 0.25) is 0 Å². The van der Waals surface area contributed by atoms with Gasteiger partial charge in [0.05, 0.1) is 6.04 Å². The Hall–Kier alpha value is -2.41. The van der Waals surface area contributed by atoms with E-state index < -0.39 is 0 Å². The van der Waals surface area contributed by atoms with Gasteiger partial charge in [-0.25, -0.2) is 9.18 Å². The quantitative estimate of drug-likeness (QED) is 0.694. The van der Waals surface area contributed by atoms with E-state index in [2.05, 4.69) is 22.5 Å². The molecule has 1 aliphatic rings. The normalized spacial score (nSPS) is 18.7. The van der Waals surface area contributed by atoms with Gasteiger partial charge in [-0.1, -0.05) is 6.08 Å². The second-order valence-electron chi connectivity index (χ2n) is 5.80. The second-order valence-corrected chi connectivity index (χ2v) is 5.80. The van der Waals surface area contributed by atoms with Crippen LogP contribution in [0.5, 0.6) is 0 Å². The van der Waals surface area contributed by atoms with E-state index in [4.69, 9.17) is 0 Å². The Kier molecular flexibility index (Phi) is 6.31. The maximum absolute atomic E-state index is 12.8. The minimum Gasteiger partial charge on any atom is -0.351 e. The molecule has 0 spiro atoms. The van der Waals surface area contributed by atoms with Crippen LogP contribution in [-0.4, -0.2) is 48.6 Å². The first kappa shape index (κ1) is 17.9. The third kappa shape index (κ3) is 5.06. The number of carbonyl (C=O) groups is 2. The van der Waals surface area contributed by atoms with E-state index in [-0.39, 0.29) is 29.8 Å². The van der Waals surface area contributed by atoms with Crippen LogP contribution >= 0.6 is 0 Å². The van der Waals surface area contributed by atoms with Gasteiger partial charge in [0.1, 0.15) is 5.82 Å². The molecule has 0 unspecified atom stereocenters. The number of anilines is 1. The average molecular weight is 334 g/mol.